The summed E-state index contributed by atoms with van der Waals surface area (Å²) in [5, 5.41) is 4.30. The van der Waals surface area contributed by atoms with Crippen LogP contribution in [-0.4, -0.2) is 68.2 Å². The number of halogens is 5. The molecule has 5 rings (SSSR count). The third-order valence-electron chi connectivity index (χ3n) is 6.94. The summed E-state index contributed by atoms with van der Waals surface area (Å²) in [4.78, 5) is 31.9. The van der Waals surface area contributed by atoms with E-state index in [1.54, 1.807) is 6.92 Å². The van der Waals surface area contributed by atoms with E-state index in [-0.39, 0.29) is 60.8 Å². The zero-order chi connectivity index (χ0) is 26.6. The van der Waals surface area contributed by atoms with Gasteiger partial charge in [-0.05, 0) is 31.4 Å². The minimum Gasteiger partial charge on any atom is -0.384 e. The lowest BCUT2D eigenvalue weighted by Crippen LogP contribution is -2.49. The minimum atomic E-state index is -4.57. The third-order valence-corrected chi connectivity index (χ3v) is 6.94. The predicted molar refractivity (Wildman–Crippen MR) is 122 cm³/mol. The number of fused-ring (bicyclic) bond motifs is 1. The Balaban J connectivity index is 1.41. The molecule has 2 aliphatic heterocycles. The van der Waals surface area contributed by atoms with Gasteiger partial charge in [0.25, 0.3) is 5.91 Å². The fourth-order valence-electron chi connectivity index (χ4n) is 5.04. The average molecular weight is 522 g/mol. The zero-order valence-electron chi connectivity index (χ0n) is 19.7. The fourth-order valence-corrected chi connectivity index (χ4v) is 5.04. The van der Waals surface area contributed by atoms with Crippen molar-refractivity contribution in [2.45, 2.75) is 44.4 Å². The molecule has 2 saturated heterocycles. The second kappa shape index (κ2) is 8.96. The highest BCUT2D eigenvalue weighted by Gasteiger charge is 2.47. The summed E-state index contributed by atoms with van der Waals surface area (Å²) in [6.45, 7) is 1.42. The summed E-state index contributed by atoms with van der Waals surface area (Å²) in [6, 6.07) is 1.25. The van der Waals surface area contributed by atoms with Crippen molar-refractivity contribution in [1.29, 1.82) is 0 Å². The van der Waals surface area contributed by atoms with E-state index >= 15 is 0 Å². The number of nitrogens with zero attached hydrogens (tertiary/aromatic N) is 5. The Labute approximate surface area is 207 Å². The van der Waals surface area contributed by atoms with E-state index in [4.69, 9.17) is 5.73 Å². The molecular weight excluding hydrogens is 499 g/mol. The van der Waals surface area contributed by atoms with Crippen LogP contribution >= 0.6 is 0 Å². The molecule has 2 amide bonds. The molecule has 0 unspecified atom stereocenters. The van der Waals surface area contributed by atoms with Gasteiger partial charge < -0.3 is 15.5 Å². The molecule has 0 aliphatic carbocycles. The smallest absolute Gasteiger partial charge is 0.384 e. The van der Waals surface area contributed by atoms with Crippen LogP contribution in [0.5, 0.6) is 0 Å². The molecule has 196 valence electrons. The first-order valence-electron chi connectivity index (χ1n) is 11.7. The summed E-state index contributed by atoms with van der Waals surface area (Å²) < 4.78 is 70.0. The molecule has 2 fully saturated rings. The Bertz CT molecular complexity index is 1400. The monoisotopic (exact) mass is 522 g/mol. The van der Waals surface area contributed by atoms with Crippen LogP contribution in [0.4, 0.5) is 27.8 Å². The first kappa shape index (κ1) is 24.9. The van der Waals surface area contributed by atoms with E-state index in [1.807, 2.05) is 0 Å². The van der Waals surface area contributed by atoms with Gasteiger partial charge in [-0.2, -0.15) is 18.3 Å². The van der Waals surface area contributed by atoms with Crippen LogP contribution < -0.4 is 5.73 Å². The summed E-state index contributed by atoms with van der Waals surface area (Å²) in [5.41, 5.74) is 6.89. The molecule has 2 N–H and O–H groups in total. The van der Waals surface area contributed by atoms with Gasteiger partial charge >= 0.3 is 6.18 Å². The number of aryl methyl sites for hydroxylation is 1. The van der Waals surface area contributed by atoms with Crippen LogP contribution in [0.15, 0.2) is 24.4 Å². The Hall–Kier alpha value is -3.77. The highest BCUT2D eigenvalue weighted by Crippen LogP contribution is 2.36. The average Bonchev–Trinajstić information content (AvgIpc) is 3.40. The Morgan fingerprint density at radius 1 is 1.16 bits per heavy atom. The number of pyridine rings is 1. The lowest BCUT2D eigenvalue weighted by molar-refractivity contribution is -0.183. The molecule has 0 saturated carbocycles. The van der Waals surface area contributed by atoms with Crippen LogP contribution in [0.3, 0.4) is 0 Å². The molecule has 0 spiro atoms. The third kappa shape index (κ3) is 4.46. The number of benzene rings is 1. The first-order valence-corrected chi connectivity index (χ1v) is 11.7. The second-order valence-electron chi connectivity index (χ2n) is 9.44. The number of carbonyl (C=O) groups excluding carboxylic acids is 2. The van der Waals surface area contributed by atoms with Crippen LogP contribution in [0.25, 0.3) is 10.9 Å². The molecule has 4 heterocycles. The van der Waals surface area contributed by atoms with E-state index in [0.717, 1.165) is 15.6 Å². The number of amides is 2. The van der Waals surface area contributed by atoms with Crippen molar-refractivity contribution in [3.8, 4) is 0 Å². The van der Waals surface area contributed by atoms with Gasteiger partial charge in [0, 0.05) is 49.4 Å². The molecule has 2 aromatic heterocycles. The van der Waals surface area contributed by atoms with Gasteiger partial charge in [-0.25, -0.2) is 13.8 Å². The van der Waals surface area contributed by atoms with Crippen LogP contribution in [-0.2, 0) is 11.3 Å². The number of hydrogen-bond acceptors (Lipinski definition) is 5. The van der Waals surface area contributed by atoms with Crippen LogP contribution in [0, 0.1) is 18.6 Å². The number of aromatic nitrogens is 3. The fraction of sp³-hybridized carbons (Fsp3) is 0.417. The van der Waals surface area contributed by atoms with Gasteiger partial charge in [-0.3, -0.25) is 14.3 Å². The Morgan fingerprint density at radius 3 is 2.59 bits per heavy atom. The summed E-state index contributed by atoms with van der Waals surface area (Å²) in [6.07, 6.45) is -3.07. The number of nitrogens with two attached hydrogens (primary N) is 1. The molecule has 37 heavy (non-hydrogen) atoms. The maximum atomic E-state index is 14.9. The minimum absolute atomic E-state index is 0.0237. The number of nitrogen functional groups attached to an aromatic ring is 1. The van der Waals surface area contributed by atoms with Crippen molar-refractivity contribution in [3.63, 3.8) is 0 Å². The SMILES string of the molecule is Cc1cnc(N)cc1C(=O)N1CC(c2nn(CC(=O)N3CCC[C@H]3C(F)(F)F)c3cc(F)cc(F)c23)C1. The molecule has 3 aromatic rings. The van der Waals surface area contributed by atoms with E-state index in [2.05, 4.69) is 10.1 Å². The van der Waals surface area contributed by atoms with Gasteiger partial charge in [-0.15, -0.1) is 0 Å². The highest BCUT2D eigenvalue weighted by atomic mass is 19.4. The maximum Gasteiger partial charge on any atom is 0.408 e. The number of hydrogen-bond donors (Lipinski definition) is 1. The van der Waals surface area contributed by atoms with Crippen molar-refractivity contribution in [1.82, 2.24) is 24.6 Å². The largest absolute Gasteiger partial charge is 0.408 e. The van der Waals surface area contributed by atoms with Crippen LogP contribution in [0.2, 0.25) is 0 Å². The van der Waals surface area contributed by atoms with E-state index in [1.165, 1.54) is 17.2 Å². The van der Waals surface area contributed by atoms with Crippen molar-refractivity contribution < 1.29 is 31.5 Å². The van der Waals surface area contributed by atoms with Crippen molar-refractivity contribution in [2.24, 2.45) is 0 Å². The standard InChI is InChI=1S/C24H23F5N6O2/c1-12-8-31-19(30)7-15(12)23(37)33-9-13(10-33)22-21-16(26)5-14(25)6-17(21)35(32-22)11-20(36)34-4-2-3-18(34)24(27,28)29/h5-8,13,18H,2-4,9-11H2,1H3,(H2,30,31)/t18-/m0/s1. The van der Waals surface area contributed by atoms with Crippen molar-refractivity contribution in [3.05, 3.63) is 52.9 Å². The number of likely N-dealkylation sites (tertiary alicyclic amines) is 2. The number of anilines is 1. The molecule has 1 aromatic carbocycles. The second-order valence-corrected chi connectivity index (χ2v) is 9.44. The Morgan fingerprint density at radius 2 is 1.89 bits per heavy atom. The van der Waals surface area contributed by atoms with E-state index in [9.17, 15) is 31.5 Å². The van der Waals surface area contributed by atoms with E-state index < -0.39 is 42.2 Å². The lowest BCUT2D eigenvalue weighted by Gasteiger charge is -2.38. The quantitative estimate of drug-likeness (QED) is 0.530. The number of rotatable bonds is 4. The summed E-state index contributed by atoms with van der Waals surface area (Å²) in [7, 11) is 0. The van der Waals surface area contributed by atoms with E-state index in [0.29, 0.717) is 17.2 Å². The highest BCUT2D eigenvalue weighted by molar-refractivity contribution is 5.97. The van der Waals surface area contributed by atoms with Crippen molar-refractivity contribution >= 4 is 28.5 Å². The van der Waals surface area contributed by atoms with Gasteiger partial charge in [0.1, 0.15) is 30.0 Å². The lowest BCUT2D eigenvalue weighted by atomic mass is 9.92. The number of carbonyl (C=O) groups is 2. The molecule has 13 heteroatoms. The van der Waals surface area contributed by atoms with Gasteiger partial charge in [-0.1, -0.05) is 0 Å². The Kier molecular flexibility index (Phi) is 6.03. The zero-order valence-corrected chi connectivity index (χ0v) is 19.7. The van der Waals surface area contributed by atoms with Gasteiger partial charge in [0.05, 0.1) is 16.6 Å². The topological polar surface area (TPSA) is 97.3 Å². The predicted octanol–water partition coefficient (Wildman–Crippen LogP) is 3.39. The molecule has 0 radical (unpaired) electrons. The molecular formula is C24H23F5N6O2. The maximum absolute atomic E-state index is 14.9. The first-order chi connectivity index (χ1) is 17.4. The van der Waals surface area contributed by atoms with Gasteiger partial charge in [0.2, 0.25) is 5.91 Å². The summed E-state index contributed by atoms with van der Waals surface area (Å²) >= 11 is 0. The molecule has 0 bridgehead atoms. The molecule has 1 atom stereocenters. The normalized spacial score (nSPS) is 18.5. The molecule has 2 aliphatic rings. The van der Waals surface area contributed by atoms with Crippen molar-refractivity contribution in [2.75, 3.05) is 25.4 Å². The van der Waals surface area contributed by atoms with Crippen LogP contribution in [0.1, 0.15) is 40.4 Å². The summed E-state index contributed by atoms with van der Waals surface area (Å²) in [5.74, 6) is -3.17. The number of alkyl halides is 3. The van der Waals surface area contributed by atoms with Gasteiger partial charge in [0.15, 0.2) is 0 Å². The molecule has 8 nitrogen and oxygen atoms in total.